The third-order valence-electron chi connectivity index (χ3n) is 2.91. The molecular weight excluding hydrogens is 238 g/mol. The minimum atomic E-state index is -0.401. The molecule has 17 heavy (non-hydrogen) atoms. The Bertz CT molecular complexity index is 432. The fourth-order valence-electron chi connectivity index (χ4n) is 1.38. The minimum Gasteiger partial charge on any atom is -0.394 e. The molecule has 4 N–H and O–H groups in total. The summed E-state index contributed by atoms with van der Waals surface area (Å²) in [6.07, 6.45) is 0. The van der Waals surface area contributed by atoms with Crippen LogP contribution in [0.25, 0.3) is 0 Å². The second-order valence-electron chi connectivity index (χ2n) is 4.61. The van der Waals surface area contributed by atoms with Crippen molar-refractivity contribution in [3.05, 3.63) is 28.8 Å². The molecule has 0 heterocycles. The summed E-state index contributed by atoms with van der Waals surface area (Å²) in [5, 5.41) is 17.2. The number of nitrogens with zero attached hydrogens (tertiary/aromatic N) is 1. The van der Waals surface area contributed by atoms with E-state index in [1.165, 1.54) is 0 Å². The Kier molecular flexibility index (Phi) is 4.01. The molecule has 94 valence electrons. The zero-order chi connectivity index (χ0) is 13.2. The monoisotopic (exact) mass is 255 g/mol. The van der Waals surface area contributed by atoms with E-state index in [1.807, 2.05) is 25.8 Å². The molecule has 0 unspecified atom stereocenters. The van der Waals surface area contributed by atoms with Crippen molar-refractivity contribution in [3.63, 3.8) is 0 Å². The van der Waals surface area contributed by atoms with Gasteiger partial charge < -0.3 is 15.7 Å². The van der Waals surface area contributed by atoms with Gasteiger partial charge in [-0.1, -0.05) is 11.6 Å². The van der Waals surface area contributed by atoms with Crippen LogP contribution in [0.3, 0.4) is 0 Å². The molecule has 0 aliphatic heterocycles. The first-order chi connectivity index (χ1) is 7.79. The van der Waals surface area contributed by atoms with E-state index in [0.29, 0.717) is 10.6 Å². The number of likely N-dealkylation sites (N-methyl/N-ethyl adjacent to an activating group) is 1. The van der Waals surface area contributed by atoms with Crippen LogP contribution in [0.1, 0.15) is 19.4 Å². The molecule has 0 amide bonds. The number of benzene rings is 1. The van der Waals surface area contributed by atoms with Gasteiger partial charge in [0.2, 0.25) is 0 Å². The zero-order valence-corrected chi connectivity index (χ0v) is 11.0. The fourth-order valence-corrected chi connectivity index (χ4v) is 1.69. The van der Waals surface area contributed by atoms with E-state index in [-0.39, 0.29) is 12.4 Å². The SMILES string of the molecule is CN(c1ccc(C(=N)N)cc1Cl)C(C)(C)CO. The molecule has 0 atom stereocenters. The Balaban J connectivity index is 3.12. The number of halogens is 1. The van der Waals surface area contributed by atoms with Crippen molar-refractivity contribution < 1.29 is 5.11 Å². The van der Waals surface area contributed by atoms with Gasteiger partial charge in [-0.15, -0.1) is 0 Å². The molecule has 0 aliphatic rings. The molecule has 1 aromatic carbocycles. The van der Waals surface area contributed by atoms with Gasteiger partial charge in [-0.05, 0) is 32.0 Å². The molecule has 0 saturated carbocycles. The van der Waals surface area contributed by atoms with Gasteiger partial charge in [-0.25, -0.2) is 0 Å². The molecule has 1 aromatic rings. The molecule has 5 heteroatoms. The van der Waals surface area contributed by atoms with E-state index >= 15 is 0 Å². The summed E-state index contributed by atoms with van der Waals surface area (Å²) in [6.45, 7) is 3.86. The van der Waals surface area contributed by atoms with Crippen molar-refractivity contribution in [1.29, 1.82) is 5.41 Å². The Morgan fingerprint density at radius 2 is 2.12 bits per heavy atom. The number of hydrogen-bond acceptors (Lipinski definition) is 3. The van der Waals surface area contributed by atoms with Crippen LogP contribution in [-0.4, -0.2) is 30.1 Å². The van der Waals surface area contributed by atoms with E-state index in [4.69, 9.17) is 22.7 Å². The average Bonchev–Trinajstić information content (AvgIpc) is 2.27. The number of aliphatic hydroxyl groups excluding tert-OH is 1. The third kappa shape index (κ3) is 2.90. The van der Waals surface area contributed by atoms with Gasteiger partial charge in [-0.3, -0.25) is 5.41 Å². The van der Waals surface area contributed by atoms with Crippen LogP contribution >= 0.6 is 11.6 Å². The molecule has 0 aliphatic carbocycles. The van der Waals surface area contributed by atoms with Crippen molar-refractivity contribution in [2.45, 2.75) is 19.4 Å². The molecular formula is C12H18ClN3O. The van der Waals surface area contributed by atoms with E-state index in [0.717, 1.165) is 5.69 Å². The minimum absolute atomic E-state index is 0.0116. The van der Waals surface area contributed by atoms with Crippen molar-refractivity contribution >= 4 is 23.1 Å². The van der Waals surface area contributed by atoms with Crippen LogP contribution < -0.4 is 10.6 Å². The number of nitrogens with one attached hydrogen (secondary N) is 1. The van der Waals surface area contributed by atoms with Crippen LogP contribution in [0.5, 0.6) is 0 Å². The number of rotatable bonds is 4. The molecule has 0 radical (unpaired) electrons. The van der Waals surface area contributed by atoms with Gasteiger partial charge >= 0.3 is 0 Å². The molecule has 0 spiro atoms. The molecule has 4 nitrogen and oxygen atoms in total. The standard InChI is InChI=1S/C12H18ClN3O/c1-12(2,7-17)16(3)10-5-4-8(11(14)15)6-9(10)13/h4-6,17H,7H2,1-3H3,(H3,14,15). The quantitative estimate of drug-likeness (QED) is 0.568. The maximum atomic E-state index is 9.32. The summed E-state index contributed by atoms with van der Waals surface area (Å²) in [4.78, 5) is 1.90. The highest BCUT2D eigenvalue weighted by molar-refractivity contribution is 6.33. The van der Waals surface area contributed by atoms with E-state index in [1.54, 1.807) is 18.2 Å². The lowest BCUT2D eigenvalue weighted by Crippen LogP contribution is -2.44. The summed E-state index contributed by atoms with van der Waals surface area (Å²) in [7, 11) is 1.87. The molecule has 0 saturated heterocycles. The average molecular weight is 256 g/mol. The Morgan fingerprint density at radius 3 is 2.53 bits per heavy atom. The first-order valence-corrected chi connectivity index (χ1v) is 5.66. The largest absolute Gasteiger partial charge is 0.394 e. The second-order valence-corrected chi connectivity index (χ2v) is 5.02. The lowest BCUT2D eigenvalue weighted by molar-refractivity contribution is 0.216. The Morgan fingerprint density at radius 1 is 1.53 bits per heavy atom. The number of nitrogens with two attached hydrogens (primary N) is 1. The number of nitrogen functional groups attached to an aromatic ring is 1. The van der Waals surface area contributed by atoms with Crippen LogP contribution in [0.4, 0.5) is 5.69 Å². The number of hydrogen-bond donors (Lipinski definition) is 3. The highest BCUT2D eigenvalue weighted by atomic mass is 35.5. The van der Waals surface area contributed by atoms with E-state index in [2.05, 4.69) is 0 Å². The number of anilines is 1. The molecule has 0 bridgehead atoms. The third-order valence-corrected chi connectivity index (χ3v) is 3.22. The molecule has 0 aromatic heterocycles. The topological polar surface area (TPSA) is 73.3 Å². The number of amidine groups is 1. The van der Waals surface area contributed by atoms with Crippen LogP contribution in [0, 0.1) is 5.41 Å². The second kappa shape index (κ2) is 4.94. The molecule has 0 fully saturated rings. The lowest BCUT2D eigenvalue weighted by atomic mass is 10.0. The fraction of sp³-hybridized carbons (Fsp3) is 0.417. The van der Waals surface area contributed by atoms with Gasteiger partial charge in [-0.2, -0.15) is 0 Å². The first-order valence-electron chi connectivity index (χ1n) is 5.28. The van der Waals surface area contributed by atoms with Crippen molar-refractivity contribution in [1.82, 2.24) is 0 Å². The Hall–Kier alpha value is -1.26. The van der Waals surface area contributed by atoms with Crippen LogP contribution in [-0.2, 0) is 0 Å². The summed E-state index contributed by atoms with van der Waals surface area (Å²) >= 11 is 6.16. The van der Waals surface area contributed by atoms with Gasteiger partial charge in [0, 0.05) is 12.6 Å². The van der Waals surface area contributed by atoms with E-state index in [9.17, 15) is 5.11 Å². The van der Waals surface area contributed by atoms with Crippen molar-refractivity contribution in [2.75, 3.05) is 18.6 Å². The number of aliphatic hydroxyl groups is 1. The van der Waals surface area contributed by atoms with E-state index < -0.39 is 5.54 Å². The van der Waals surface area contributed by atoms with Crippen LogP contribution in [0.2, 0.25) is 5.02 Å². The van der Waals surface area contributed by atoms with Gasteiger partial charge in [0.25, 0.3) is 0 Å². The predicted octanol–water partition coefficient (Wildman–Crippen LogP) is 1.83. The first kappa shape index (κ1) is 13.8. The maximum Gasteiger partial charge on any atom is 0.122 e. The summed E-state index contributed by atoms with van der Waals surface area (Å²) in [6, 6.07) is 5.20. The summed E-state index contributed by atoms with van der Waals surface area (Å²) < 4.78 is 0. The van der Waals surface area contributed by atoms with Crippen molar-refractivity contribution in [3.8, 4) is 0 Å². The summed E-state index contributed by atoms with van der Waals surface area (Å²) in [5.41, 5.74) is 6.38. The van der Waals surface area contributed by atoms with Gasteiger partial charge in [0.1, 0.15) is 5.84 Å². The highest BCUT2D eigenvalue weighted by Crippen LogP contribution is 2.30. The predicted molar refractivity (Wildman–Crippen MR) is 72.0 cm³/mol. The maximum absolute atomic E-state index is 9.32. The summed E-state index contributed by atoms with van der Waals surface area (Å²) in [5.74, 6) is -0.0116. The smallest absolute Gasteiger partial charge is 0.122 e. The highest BCUT2D eigenvalue weighted by Gasteiger charge is 2.24. The van der Waals surface area contributed by atoms with Crippen LogP contribution in [0.15, 0.2) is 18.2 Å². The zero-order valence-electron chi connectivity index (χ0n) is 10.3. The molecule has 1 rings (SSSR count). The van der Waals surface area contributed by atoms with Crippen molar-refractivity contribution in [2.24, 2.45) is 5.73 Å². The van der Waals surface area contributed by atoms with Gasteiger partial charge in [0.15, 0.2) is 0 Å². The lowest BCUT2D eigenvalue weighted by Gasteiger charge is -2.36. The van der Waals surface area contributed by atoms with Gasteiger partial charge in [0.05, 0.1) is 22.9 Å². The Labute approximate surface area is 107 Å². The normalized spacial score (nSPS) is 11.4.